The Hall–Kier alpha value is -5.18. The summed E-state index contributed by atoms with van der Waals surface area (Å²) in [6.45, 7) is 1.41. The van der Waals surface area contributed by atoms with Crippen molar-refractivity contribution in [2.75, 3.05) is 6.61 Å². The van der Waals surface area contributed by atoms with E-state index < -0.39 is 40.8 Å². The van der Waals surface area contributed by atoms with Gasteiger partial charge in [-0.1, -0.05) is 115 Å². The lowest BCUT2D eigenvalue weighted by atomic mass is 10.0. The predicted octanol–water partition coefficient (Wildman–Crippen LogP) is 7.99. The molecule has 7 nitrogen and oxygen atoms in total. The number of benzene rings is 5. The first-order valence-electron chi connectivity index (χ1n) is 15.6. The van der Waals surface area contributed by atoms with Gasteiger partial charge >= 0.3 is 17.9 Å². The van der Waals surface area contributed by atoms with Crippen molar-refractivity contribution >= 4 is 29.7 Å². The third-order valence-electron chi connectivity index (χ3n) is 7.91. The zero-order chi connectivity index (χ0) is 33.3. The van der Waals surface area contributed by atoms with Gasteiger partial charge in [-0.3, -0.25) is 4.79 Å². The van der Waals surface area contributed by atoms with E-state index >= 15 is 0 Å². The maximum absolute atomic E-state index is 13.5. The van der Waals surface area contributed by atoms with Crippen LogP contribution in [0.15, 0.2) is 140 Å². The second kappa shape index (κ2) is 15.6. The summed E-state index contributed by atoms with van der Waals surface area (Å²) in [5, 5.41) is -0.574. The number of thioether (sulfide) groups is 1. The topological polar surface area (TPSA) is 88.1 Å². The Kier molecular flexibility index (Phi) is 10.6. The SMILES string of the molecule is CC(=O)OC1S[C@H](COC(=O)c2ccc(-c3ccccc3)cc2)[C@H](OC(=O)c2ccc(-c3ccccc3)cc2)[C@H]1OCc1ccccc1. The molecule has 4 atom stereocenters. The van der Waals surface area contributed by atoms with Crippen molar-refractivity contribution in [3.63, 3.8) is 0 Å². The predicted molar refractivity (Wildman–Crippen MR) is 185 cm³/mol. The minimum absolute atomic E-state index is 0.0994. The van der Waals surface area contributed by atoms with Crippen LogP contribution in [-0.2, 0) is 30.3 Å². The fraction of sp³-hybridized carbons (Fsp3) is 0.175. The fourth-order valence-corrected chi connectivity index (χ4v) is 6.90. The number of ether oxygens (including phenoxy) is 4. The summed E-state index contributed by atoms with van der Waals surface area (Å²) in [5.41, 5.74) is 4.86. The minimum Gasteiger partial charge on any atom is -0.461 e. The van der Waals surface area contributed by atoms with Crippen molar-refractivity contribution in [2.45, 2.75) is 36.4 Å². The van der Waals surface area contributed by atoms with Gasteiger partial charge in [0.1, 0.15) is 18.8 Å². The second-order valence-electron chi connectivity index (χ2n) is 11.3. The van der Waals surface area contributed by atoms with Gasteiger partial charge in [0.2, 0.25) is 0 Å². The summed E-state index contributed by atoms with van der Waals surface area (Å²) < 4.78 is 23.8. The first kappa shape index (κ1) is 32.7. The van der Waals surface area contributed by atoms with E-state index in [-0.39, 0.29) is 13.2 Å². The number of rotatable bonds is 11. The molecule has 6 rings (SSSR count). The van der Waals surface area contributed by atoms with Crippen molar-refractivity contribution in [1.29, 1.82) is 0 Å². The summed E-state index contributed by atoms with van der Waals surface area (Å²) in [6.07, 6.45) is -1.71. The lowest BCUT2D eigenvalue weighted by Crippen LogP contribution is -2.41. The fourth-order valence-electron chi connectivity index (χ4n) is 5.46. The molecule has 1 fully saturated rings. The van der Waals surface area contributed by atoms with Crippen LogP contribution in [0.3, 0.4) is 0 Å². The smallest absolute Gasteiger partial charge is 0.338 e. The molecule has 0 amide bonds. The van der Waals surface area contributed by atoms with E-state index in [2.05, 4.69) is 0 Å². The van der Waals surface area contributed by atoms with Crippen LogP contribution < -0.4 is 0 Å². The average molecular weight is 659 g/mol. The molecule has 1 unspecified atom stereocenters. The highest BCUT2D eigenvalue weighted by atomic mass is 32.2. The van der Waals surface area contributed by atoms with E-state index in [1.54, 1.807) is 24.3 Å². The molecule has 1 aliphatic heterocycles. The average Bonchev–Trinajstić information content (AvgIpc) is 3.45. The molecule has 0 aliphatic carbocycles. The monoisotopic (exact) mass is 658 g/mol. The Morgan fingerprint density at radius 1 is 0.562 bits per heavy atom. The van der Waals surface area contributed by atoms with E-state index in [0.29, 0.717) is 11.1 Å². The third-order valence-corrected chi connectivity index (χ3v) is 9.30. The molecule has 1 saturated heterocycles. The Bertz CT molecular complexity index is 1810. The molecule has 0 spiro atoms. The van der Waals surface area contributed by atoms with Gasteiger partial charge in [0.15, 0.2) is 5.44 Å². The Morgan fingerprint density at radius 2 is 1.04 bits per heavy atom. The summed E-state index contributed by atoms with van der Waals surface area (Å²) in [6, 6.07) is 43.6. The zero-order valence-corrected chi connectivity index (χ0v) is 27.1. The van der Waals surface area contributed by atoms with Crippen LogP contribution in [0, 0.1) is 0 Å². The van der Waals surface area contributed by atoms with E-state index in [0.717, 1.165) is 27.8 Å². The van der Waals surface area contributed by atoms with Gasteiger partial charge in [-0.25, -0.2) is 9.59 Å². The Morgan fingerprint density at radius 3 is 1.56 bits per heavy atom. The van der Waals surface area contributed by atoms with Gasteiger partial charge in [-0.05, 0) is 52.1 Å². The number of hydrogen-bond acceptors (Lipinski definition) is 8. The molecule has 0 bridgehead atoms. The van der Waals surface area contributed by atoms with Crippen molar-refractivity contribution in [3.8, 4) is 22.3 Å². The summed E-state index contributed by atoms with van der Waals surface area (Å²) >= 11 is 1.24. The van der Waals surface area contributed by atoms with E-state index in [9.17, 15) is 14.4 Å². The summed E-state index contributed by atoms with van der Waals surface area (Å²) in [7, 11) is 0. The highest BCUT2D eigenvalue weighted by Crippen LogP contribution is 2.40. The van der Waals surface area contributed by atoms with Gasteiger partial charge in [0.25, 0.3) is 0 Å². The standard InChI is InChI=1S/C40H34O7S/c1-27(41)46-40-37(44-25-28-11-5-2-6-12-28)36(47-39(43)34-23-19-32(20-24-34)30-15-9-4-10-16-30)35(48-40)26-45-38(42)33-21-17-31(18-22-33)29-13-7-3-8-14-29/h2-24,35-37,40H,25-26H2,1H3/t35-,36+,37-,40?/m1/s1. The van der Waals surface area contributed by atoms with Crippen molar-refractivity contribution in [2.24, 2.45) is 0 Å². The van der Waals surface area contributed by atoms with Gasteiger partial charge < -0.3 is 18.9 Å². The van der Waals surface area contributed by atoms with Gasteiger partial charge in [-0.15, -0.1) is 11.8 Å². The molecule has 0 saturated carbocycles. The number of carbonyl (C=O) groups is 3. The van der Waals surface area contributed by atoms with Crippen LogP contribution in [0.2, 0.25) is 0 Å². The second-order valence-corrected chi connectivity index (χ2v) is 12.6. The first-order chi connectivity index (χ1) is 23.4. The van der Waals surface area contributed by atoms with Crippen LogP contribution in [0.1, 0.15) is 33.2 Å². The molecular formula is C40H34O7S. The van der Waals surface area contributed by atoms with Crippen molar-refractivity contribution in [3.05, 3.63) is 156 Å². The maximum Gasteiger partial charge on any atom is 0.338 e. The quantitative estimate of drug-likeness (QED) is 0.104. The highest BCUT2D eigenvalue weighted by Gasteiger charge is 2.50. The minimum atomic E-state index is -0.891. The Balaban J connectivity index is 1.20. The molecular weight excluding hydrogens is 625 g/mol. The van der Waals surface area contributed by atoms with Crippen LogP contribution in [0.4, 0.5) is 0 Å². The molecule has 1 heterocycles. The normalized spacial score (nSPS) is 18.5. The van der Waals surface area contributed by atoms with Crippen LogP contribution in [-0.4, -0.2) is 47.4 Å². The molecule has 0 N–H and O–H groups in total. The molecule has 1 aliphatic rings. The molecule has 8 heteroatoms. The van der Waals surface area contributed by atoms with Gasteiger partial charge in [-0.2, -0.15) is 0 Å². The van der Waals surface area contributed by atoms with Crippen LogP contribution in [0.25, 0.3) is 22.3 Å². The molecule has 0 aromatic heterocycles. The highest BCUT2D eigenvalue weighted by molar-refractivity contribution is 8.00. The number of hydrogen-bond donors (Lipinski definition) is 0. The largest absolute Gasteiger partial charge is 0.461 e. The van der Waals surface area contributed by atoms with Crippen LogP contribution in [0.5, 0.6) is 0 Å². The molecule has 242 valence electrons. The third kappa shape index (κ3) is 8.20. The zero-order valence-electron chi connectivity index (χ0n) is 26.3. The summed E-state index contributed by atoms with van der Waals surface area (Å²) in [4.78, 5) is 38.8. The number of carbonyl (C=O) groups excluding carboxylic acids is 3. The summed E-state index contributed by atoms with van der Waals surface area (Å²) in [5.74, 6) is -1.59. The van der Waals surface area contributed by atoms with Crippen molar-refractivity contribution < 1.29 is 33.3 Å². The first-order valence-corrected chi connectivity index (χ1v) is 16.6. The molecule has 5 aromatic rings. The molecule has 5 aromatic carbocycles. The Labute approximate surface area is 283 Å². The molecule has 0 radical (unpaired) electrons. The maximum atomic E-state index is 13.5. The van der Waals surface area contributed by atoms with E-state index in [1.165, 1.54) is 18.7 Å². The lowest BCUT2D eigenvalue weighted by molar-refractivity contribution is -0.152. The van der Waals surface area contributed by atoms with E-state index in [4.69, 9.17) is 18.9 Å². The lowest BCUT2D eigenvalue weighted by Gasteiger charge is -2.25. The number of esters is 3. The van der Waals surface area contributed by atoms with Crippen molar-refractivity contribution in [1.82, 2.24) is 0 Å². The van der Waals surface area contributed by atoms with Crippen LogP contribution >= 0.6 is 11.8 Å². The van der Waals surface area contributed by atoms with E-state index in [1.807, 2.05) is 115 Å². The molecule has 48 heavy (non-hydrogen) atoms. The van der Waals surface area contributed by atoms with Gasteiger partial charge in [0.05, 0.1) is 23.0 Å². The van der Waals surface area contributed by atoms with Gasteiger partial charge in [0, 0.05) is 6.92 Å².